The molecule has 1 heterocycles. The van der Waals surface area contributed by atoms with E-state index in [4.69, 9.17) is 5.11 Å². The first-order chi connectivity index (χ1) is 9.54. The molecule has 0 spiro atoms. The van der Waals surface area contributed by atoms with Crippen molar-refractivity contribution in [2.45, 2.75) is 13.1 Å². The molecule has 0 aliphatic rings. The van der Waals surface area contributed by atoms with Crippen molar-refractivity contribution in [3.63, 3.8) is 0 Å². The van der Waals surface area contributed by atoms with Crippen molar-refractivity contribution in [3.8, 4) is 0 Å². The third kappa shape index (κ3) is 3.89. The monoisotopic (exact) mass is 338 g/mol. The zero-order valence-corrected chi connectivity index (χ0v) is 11.9. The van der Waals surface area contributed by atoms with Crippen molar-refractivity contribution in [2.75, 3.05) is 0 Å². The highest BCUT2D eigenvalue weighted by molar-refractivity contribution is 9.10. The van der Waals surface area contributed by atoms with E-state index < -0.39 is 5.97 Å². The predicted octanol–water partition coefficient (Wildman–Crippen LogP) is 1.06. The highest BCUT2D eigenvalue weighted by Gasteiger charge is 2.10. The van der Waals surface area contributed by atoms with E-state index in [2.05, 4.69) is 31.6 Å². The van der Waals surface area contributed by atoms with E-state index in [1.165, 1.54) is 10.9 Å². The zero-order chi connectivity index (χ0) is 14.5. The average Bonchev–Trinajstić information content (AvgIpc) is 2.87. The lowest BCUT2D eigenvalue weighted by atomic mass is 10.2. The standard InChI is InChI=1S/C12H11BrN4O3/c13-9-3-1-8(2-4-9)5-14-11(18)7-17-6-10(12(19)20)15-16-17/h1-4,6H,5,7H2,(H,14,18)(H,19,20). The lowest BCUT2D eigenvalue weighted by molar-refractivity contribution is -0.122. The van der Waals surface area contributed by atoms with Crippen LogP contribution in [0.2, 0.25) is 0 Å². The summed E-state index contributed by atoms with van der Waals surface area (Å²) in [4.78, 5) is 22.3. The number of aromatic carboxylic acids is 1. The summed E-state index contributed by atoms with van der Waals surface area (Å²) in [7, 11) is 0. The maximum atomic E-state index is 11.7. The Labute approximate surface area is 122 Å². The Morgan fingerprint density at radius 1 is 1.30 bits per heavy atom. The summed E-state index contributed by atoms with van der Waals surface area (Å²) < 4.78 is 2.15. The van der Waals surface area contributed by atoms with Gasteiger partial charge in [-0.3, -0.25) is 4.79 Å². The van der Waals surface area contributed by atoms with E-state index in [9.17, 15) is 9.59 Å². The summed E-state index contributed by atoms with van der Waals surface area (Å²) in [5.41, 5.74) is 0.775. The van der Waals surface area contributed by atoms with Crippen molar-refractivity contribution in [2.24, 2.45) is 0 Å². The van der Waals surface area contributed by atoms with E-state index in [1.54, 1.807) is 0 Å². The zero-order valence-electron chi connectivity index (χ0n) is 10.3. The number of carbonyl (C=O) groups is 2. The maximum absolute atomic E-state index is 11.7. The van der Waals surface area contributed by atoms with Crippen LogP contribution in [0.15, 0.2) is 34.9 Å². The average molecular weight is 339 g/mol. The number of aromatic nitrogens is 3. The molecule has 0 aliphatic heterocycles. The number of carboxylic acids is 1. The normalized spacial score (nSPS) is 10.2. The van der Waals surface area contributed by atoms with Crippen LogP contribution < -0.4 is 5.32 Å². The number of halogens is 1. The predicted molar refractivity (Wildman–Crippen MR) is 73.0 cm³/mol. The number of hydrogen-bond acceptors (Lipinski definition) is 4. The molecule has 1 amide bonds. The first-order valence-corrected chi connectivity index (χ1v) is 6.48. The van der Waals surface area contributed by atoms with Crippen molar-refractivity contribution < 1.29 is 14.7 Å². The highest BCUT2D eigenvalue weighted by Crippen LogP contribution is 2.10. The molecule has 0 radical (unpaired) electrons. The van der Waals surface area contributed by atoms with Crippen LogP contribution in [0.4, 0.5) is 0 Å². The Morgan fingerprint density at radius 3 is 2.60 bits per heavy atom. The molecule has 1 aromatic heterocycles. The number of carbonyl (C=O) groups excluding carboxylic acids is 1. The van der Waals surface area contributed by atoms with Gasteiger partial charge in [-0.25, -0.2) is 9.48 Å². The first-order valence-electron chi connectivity index (χ1n) is 5.69. The van der Waals surface area contributed by atoms with Gasteiger partial charge in [0.15, 0.2) is 5.69 Å². The van der Waals surface area contributed by atoms with E-state index in [-0.39, 0.29) is 18.1 Å². The second kappa shape index (κ2) is 6.29. The Bertz CT molecular complexity index is 624. The lowest BCUT2D eigenvalue weighted by Gasteiger charge is -2.05. The summed E-state index contributed by atoms with van der Waals surface area (Å²) in [6.07, 6.45) is 1.21. The lowest BCUT2D eigenvalue weighted by Crippen LogP contribution is -2.27. The molecular formula is C12H11BrN4O3. The fourth-order valence-corrected chi connectivity index (χ4v) is 1.74. The van der Waals surface area contributed by atoms with Gasteiger partial charge in [0, 0.05) is 11.0 Å². The summed E-state index contributed by atoms with van der Waals surface area (Å²) >= 11 is 3.33. The maximum Gasteiger partial charge on any atom is 0.358 e. The summed E-state index contributed by atoms with van der Waals surface area (Å²) in [5.74, 6) is -1.44. The van der Waals surface area contributed by atoms with Gasteiger partial charge in [-0.1, -0.05) is 33.3 Å². The smallest absolute Gasteiger partial charge is 0.358 e. The molecule has 104 valence electrons. The Balaban J connectivity index is 1.85. The van der Waals surface area contributed by atoms with Gasteiger partial charge in [-0.2, -0.15) is 0 Å². The third-order valence-electron chi connectivity index (χ3n) is 2.47. The fourth-order valence-electron chi connectivity index (χ4n) is 1.48. The van der Waals surface area contributed by atoms with Crippen molar-refractivity contribution in [1.29, 1.82) is 0 Å². The quantitative estimate of drug-likeness (QED) is 0.849. The molecule has 8 heteroatoms. The van der Waals surface area contributed by atoms with Crippen LogP contribution in [0.3, 0.4) is 0 Å². The molecule has 2 rings (SSSR count). The van der Waals surface area contributed by atoms with Gasteiger partial charge >= 0.3 is 5.97 Å². The van der Waals surface area contributed by atoms with E-state index in [1.807, 2.05) is 24.3 Å². The molecule has 2 aromatic rings. The minimum Gasteiger partial charge on any atom is -0.476 e. The Hall–Kier alpha value is -2.22. The van der Waals surface area contributed by atoms with Gasteiger partial charge in [-0.05, 0) is 17.7 Å². The largest absolute Gasteiger partial charge is 0.476 e. The van der Waals surface area contributed by atoms with E-state index in [0.29, 0.717) is 6.54 Å². The van der Waals surface area contributed by atoms with Crippen molar-refractivity contribution in [1.82, 2.24) is 20.3 Å². The van der Waals surface area contributed by atoms with Crippen LogP contribution in [0.5, 0.6) is 0 Å². The van der Waals surface area contributed by atoms with Crippen LogP contribution >= 0.6 is 15.9 Å². The number of nitrogens with one attached hydrogen (secondary N) is 1. The van der Waals surface area contributed by atoms with Gasteiger partial charge in [0.1, 0.15) is 6.54 Å². The number of hydrogen-bond donors (Lipinski definition) is 2. The van der Waals surface area contributed by atoms with Gasteiger partial charge in [-0.15, -0.1) is 5.10 Å². The van der Waals surface area contributed by atoms with Gasteiger partial charge < -0.3 is 10.4 Å². The topological polar surface area (TPSA) is 97.1 Å². The molecule has 2 N–H and O–H groups in total. The van der Waals surface area contributed by atoms with Gasteiger partial charge in [0.05, 0.1) is 6.20 Å². The molecule has 0 atom stereocenters. The molecule has 0 aliphatic carbocycles. The van der Waals surface area contributed by atoms with Crippen LogP contribution in [-0.4, -0.2) is 32.0 Å². The number of rotatable bonds is 5. The number of benzene rings is 1. The van der Waals surface area contributed by atoms with E-state index >= 15 is 0 Å². The molecule has 7 nitrogen and oxygen atoms in total. The summed E-state index contributed by atoms with van der Waals surface area (Å²) in [5, 5.41) is 18.4. The van der Waals surface area contributed by atoms with Crippen LogP contribution in [0.25, 0.3) is 0 Å². The molecule has 0 saturated carbocycles. The van der Waals surface area contributed by atoms with Crippen LogP contribution in [0.1, 0.15) is 16.1 Å². The van der Waals surface area contributed by atoms with Gasteiger partial charge in [0.2, 0.25) is 5.91 Å². The number of carboxylic acid groups (broad SMARTS) is 1. The third-order valence-corrected chi connectivity index (χ3v) is 2.99. The minimum absolute atomic E-state index is 0.0726. The summed E-state index contributed by atoms with van der Waals surface area (Å²) in [6, 6.07) is 7.56. The second-order valence-electron chi connectivity index (χ2n) is 4.01. The van der Waals surface area contributed by atoms with Crippen LogP contribution in [-0.2, 0) is 17.9 Å². The fraction of sp³-hybridized carbons (Fsp3) is 0.167. The highest BCUT2D eigenvalue weighted by atomic mass is 79.9. The molecule has 1 aromatic carbocycles. The Morgan fingerprint density at radius 2 is 2.00 bits per heavy atom. The molecular weight excluding hydrogens is 328 g/mol. The number of amides is 1. The molecule has 0 fully saturated rings. The van der Waals surface area contributed by atoms with E-state index in [0.717, 1.165) is 10.0 Å². The number of nitrogens with zero attached hydrogens (tertiary/aromatic N) is 3. The molecule has 0 unspecified atom stereocenters. The SMILES string of the molecule is O=C(Cn1cc(C(=O)O)nn1)NCc1ccc(Br)cc1. The minimum atomic E-state index is -1.17. The van der Waals surface area contributed by atoms with Crippen molar-refractivity contribution >= 4 is 27.8 Å². The van der Waals surface area contributed by atoms with Crippen LogP contribution in [0, 0.1) is 0 Å². The molecule has 0 bridgehead atoms. The Kier molecular flexibility index (Phi) is 4.46. The molecule has 20 heavy (non-hydrogen) atoms. The van der Waals surface area contributed by atoms with Crippen molar-refractivity contribution in [3.05, 3.63) is 46.2 Å². The second-order valence-corrected chi connectivity index (χ2v) is 4.93. The summed E-state index contributed by atoms with van der Waals surface area (Å²) in [6.45, 7) is 0.323. The van der Waals surface area contributed by atoms with Gasteiger partial charge in [0.25, 0.3) is 0 Å². The molecule has 0 saturated heterocycles. The first kappa shape index (κ1) is 14.2.